The smallest absolute Gasteiger partial charge is 0.341 e. The van der Waals surface area contributed by atoms with Crippen molar-refractivity contribution in [3.63, 3.8) is 0 Å². The summed E-state index contributed by atoms with van der Waals surface area (Å²) in [5.74, 6) is 0.252. The zero-order valence-electron chi connectivity index (χ0n) is 17.6. The lowest BCUT2D eigenvalue weighted by atomic mass is 9.95. The molecule has 3 aromatic heterocycles. The molecular weight excluding hydrogens is 452 g/mol. The first-order valence-corrected chi connectivity index (χ1v) is 12.8. The summed E-state index contributed by atoms with van der Waals surface area (Å²) in [4.78, 5) is 27.8. The standard InChI is InChI=1S/C21H24N4O3S3/c1-4-28-20(27)16-13-8-5-6-9-14(13)31-19(16)22-18(26)12(2)30-21-24-23-17(25(21)3)15-10-7-11-29-15/h7,10-12H,4-6,8-9H2,1-3H3,(H,22,26). The second-order valence-electron chi connectivity index (χ2n) is 7.23. The van der Waals surface area contributed by atoms with Gasteiger partial charge in [-0.3, -0.25) is 4.79 Å². The number of carbonyl (C=O) groups is 2. The van der Waals surface area contributed by atoms with Crippen molar-refractivity contribution >= 4 is 51.3 Å². The number of fused-ring (bicyclic) bond motifs is 1. The molecule has 0 spiro atoms. The molecule has 0 aliphatic heterocycles. The van der Waals surface area contributed by atoms with E-state index in [9.17, 15) is 9.59 Å². The molecule has 3 heterocycles. The van der Waals surface area contributed by atoms with Crippen LogP contribution in [0.15, 0.2) is 22.7 Å². The summed E-state index contributed by atoms with van der Waals surface area (Å²) in [6.07, 6.45) is 3.95. The predicted molar refractivity (Wildman–Crippen MR) is 125 cm³/mol. The third-order valence-corrected chi connectivity index (χ3v) is 8.32. The zero-order chi connectivity index (χ0) is 22.0. The number of anilines is 1. The molecule has 1 unspecified atom stereocenters. The summed E-state index contributed by atoms with van der Waals surface area (Å²) in [5, 5.41) is 14.4. The minimum absolute atomic E-state index is 0.171. The number of rotatable bonds is 7. The van der Waals surface area contributed by atoms with E-state index >= 15 is 0 Å². The van der Waals surface area contributed by atoms with Crippen LogP contribution in [0.4, 0.5) is 5.00 Å². The van der Waals surface area contributed by atoms with E-state index < -0.39 is 5.25 Å². The van der Waals surface area contributed by atoms with Crippen molar-refractivity contribution in [1.29, 1.82) is 0 Å². The van der Waals surface area contributed by atoms with Crippen LogP contribution < -0.4 is 5.32 Å². The molecule has 164 valence electrons. The van der Waals surface area contributed by atoms with Crippen LogP contribution in [0.5, 0.6) is 0 Å². The molecule has 0 bridgehead atoms. The van der Waals surface area contributed by atoms with Crippen molar-refractivity contribution in [3.05, 3.63) is 33.5 Å². The lowest BCUT2D eigenvalue weighted by molar-refractivity contribution is -0.115. The van der Waals surface area contributed by atoms with Crippen molar-refractivity contribution in [3.8, 4) is 10.7 Å². The molecule has 10 heteroatoms. The van der Waals surface area contributed by atoms with Crippen LogP contribution in [0.3, 0.4) is 0 Å². The molecule has 1 aliphatic carbocycles. The van der Waals surface area contributed by atoms with Crippen molar-refractivity contribution in [2.24, 2.45) is 7.05 Å². The maximum atomic E-state index is 13.0. The first kappa shape index (κ1) is 22.0. The lowest BCUT2D eigenvalue weighted by Crippen LogP contribution is -2.23. The van der Waals surface area contributed by atoms with Gasteiger partial charge in [0.2, 0.25) is 5.91 Å². The Morgan fingerprint density at radius 3 is 2.87 bits per heavy atom. The summed E-state index contributed by atoms with van der Waals surface area (Å²) in [6, 6.07) is 3.97. The molecule has 0 aromatic carbocycles. The van der Waals surface area contributed by atoms with E-state index in [-0.39, 0.29) is 11.9 Å². The van der Waals surface area contributed by atoms with Crippen LogP contribution in [-0.4, -0.2) is 38.5 Å². The van der Waals surface area contributed by atoms with Crippen molar-refractivity contribution in [2.75, 3.05) is 11.9 Å². The van der Waals surface area contributed by atoms with E-state index in [2.05, 4.69) is 15.5 Å². The normalized spacial score (nSPS) is 14.2. The molecule has 0 radical (unpaired) electrons. The van der Waals surface area contributed by atoms with Gasteiger partial charge in [0.15, 0.2) is 11.0 Å². The van der Waals surface area contributed by atoms with Crippen molar-refractivity contribution in [1.82, 2.24) is 14.8 Å². The Labute approximate surface area is 193 Å². The summed E-state index contributed by atoms with van der Waals surface area (Å²) < 4.78 is 7.17. The number of nitrogens with zero attached hydrogens (tertiary/aromatic N) is 3. The number of esters is 1. The molecule has 0 saturated heterocycles. The molecule has 0 saturated carbocycles. The van der Waals surface area contributed by atoms with Crippen LogP contribution >= 0.6 is 34.4 Å². The van der Waals surface area contributed by atoms with Crippen LogP contribution in [0.25, 0.3) is 10.7 Å². The van der Waals surface area contributed by atoms with Crippen molar-refractivity contribution in [2.45, 2.75) is 49.9 Å². The van der Waals surface area contributed by atoms with E-state index in [1.165, 1.54) is 28.0 Å². The van der Waals surface area contributed by atoms with Gasteiger partial charge in [-0.25, -0.2) is 4.79 Å². The number of hydrogen-bond acceptors (Lipinski definition) is 8. The van der Waals surface area contributed by atoms with Crippen LogP contribution in [-0.2, 0) is 29.4 Å². The first-order chi connectivity index (χ1) is 15.0. The zero-order valence-corrected chi connectivity index (χ0v) is 20.1. The molecular formula is C21H24N4O3S3. The fraction of sp³-hybridized carbons (Fsp3) is 0.429. The lowest BCUT2D eigenvalue weighted by Gasteiger charge is -2.13. The first-order valence-electron chi connectivity index (χ1n) is 10.2. The highest BCUT2D eigenvalue weighted by molar-refractivity contribution is 8.00. The molecule has 7 nitrogen and oxygen atoms in total. The SMILES string of the molecule is CCOC(=O)c1c(NC(=O)C(C)Sc2nnc(-c3cccs3)n2C)sc2c1CCCC2. The van der Waals surface area contributed by atoms with Gasteiger partial charge in [-0.1, -0.05) is 17.8 Å². The Kier molecular flexibility index (Phi) is 6.78. The number of amides is 1. The van der Waals surface area contributed by atoms with Crippen molar-refractivity contribution < 1.29 is 14.3 Å². The maximum Gasteiger partial charge on any atom is 0.341 e. The minimum Gasteiger partial charge on any atom is -0.462 e. The number of aromatic nitrogens is 3. The van der Waals surface area contributed by atoms with Crippen LogP contribution in [0, 0.1) is 0 Å². The Morgan fingerprint density at radius 2 is 2.13 bits per heavy atom. The van der Waals surface area contributed by atoms with Gasteiger partial charge in [-0.05, 0) is 56.5 Å². The molecule has 4 rings (SSSR count). The van der Waals surface area contributed by atoms with Gasteiger partial charge >= 0.3 is 5.97 Å². The highest BCUT2D eigenvalue weighted by Gasteiger charge is 2.28. The number of ether oxygens (including phenoxy) is 1. The van der Waals surface area contributed by atoms with Gasteiger partial charge in [-0.15, -0.1) is 32.9 Å². The third-order valence-electron chi connectivity index (χ3n) is 5.12. The predicted octanol–water partition coefficient (Wildman–Crippen LogP) is 4.78. The maximum absolute atomic E-state index is 13.0. The fourth-order valence-electron chi connectivity index (χ4n) is 3.54. The average molecular weight is 477 g/mol. The summed E-state index contributed by atoms with van der Waals surface area (Å²) in [7, 11) is 1.90. The largest absolute Gasteiger partial charge is 0.462 e. The molecule has 1 N–H and O–H groups in total. The number of hydrogen-bond donors (Lipinski definition) is 1. The third kappa shape index (κ3) is 4.56. The number of carbonyl (C=O) groups excluding carboxylic acids is 2. The Bertz CT molecular complexity index is 1090. The summed E-state index contributed by atoms with van der Waals surface area (Å²) in [6.45, 7) is 3.93. The highest BCUT2D eigenvalue weighted by atomic mass is 32.2. The molecule has 1 amide bonds. The number of aryl methyl sites for hydroxylation is 1. The quantitative estimate of drug-likeness (QED) is 0.390. The second-order valence-corrected chi connectivity index (χ2v) is 10.6. The fourth-order valence-corrected chi connectivity index (χ4v) is 6.38. The number of thiophene rings is 2. The molecule has 3 aromatic rings. The molecule has 31 heavy (non-hydrogen) atoms. The Morgan fingerprint density at radius 1 is 1.32 bits per heavy atom. The van der Waals surface area contributed by atoms with Gasteiger partial charge in [0, 0.05) is 11.9 Å². The average Bonchev–Trinajstić information content (AvgIpc) is 3.47. The Hall–Kier alpha value is -2.17. The number of thioether (sulfide) groups is 1. The van der Waals surface area contributed by atoms with Gasteiger partial charge < -0.3 is 14.6 Å². The molecule has 1 atom stereocenters. The topological polar surface area (TPSA) is 86.1 Å². The van der Waals surface area contributed by atoms with E-state index in [0.717, 1.165) is 41.9 Å². The Balaban J connectivity index is 1.51. The summed E-state index contributed by atoms with van der Waals surface area (Å²) in [5.41, 5.74) is 1.57. The summed E-state index contributed by atoms with van der Waals surface area (Å²) >= 11 is 4.44. The molecule has 1 aliphatic rings. The van der Waals surface area contributed by atoms with Gasteiger partial charge in [-0.2, -0.15) is 0 Å². The van der Waals surface area contributed by atoms with Crippen LogP contribution in [0.2, 0.25) is 0 Å². The molecule has 0 fully saturated rings. The number of nitrogens with one attached hydrogen (secondary N) is 1. The second kappa shape index (κ2) is 9.54. The van der Waals surface area contributed by atoms with Gasteiger partial charge in [0.05, 0.1) is 22.3 Å². The monoisotopic (exact) mass is 476 g/mol. The van der Waals surface area contributed by atoms with E-state index in [0.29, 0.717) is 22.3 Å². The van der Waals surface area contributed by atoms with E-state index in [1.54, 1.807) is 18.3 Å². The van der Waals surface area contributed by atoms with Crippen LogP contribution in [0.1, 0.15) is 47.5 Å². The van der Waals surface area contributed by atoms with Gasteiger partial charge in [0.25, 0.3) is 0 Å². The minimum atomic E-state index is -0.409. The van der Waals surface area contributed by atoms with E-state index in [1.807, 2.05) is 36.1 Å². The van der Waals surface area contributed by atoms with E-state index in [4.69, 9.17) is 4.74 Å². The highest BCUT2D eigenvalue weighted by Crippen LogP contribution is 2.39. The van der Waals surface area contributed by atoms with Gasteiger partial charge in [0.1, 0.15) is 5.00 Å².